The van der Waals surface area contributed by atoms with Crippen LogP contribution < -0.4 is 17.3 Å². The van der Waals surface area contributed by atoms with Gasteiger partial charge in [-0.05, 0) is 32.1 Å². The first-order chi connectivity index (χ1) is 21.2. The normalized spacial score (nSPS) is 11.6. The van der Waals surface area contributed by atoms with Crippen LogP contribution in [0.2, 0.25) is 19.1 Å². The molecule has 0 spiro atoms. The molecule has 0 saturated carbocycles. The molecule has 0 aromatic carbocycles. The largest absolute Gasteiger partial charge is 1.00 e. The van der Waals surface area contributed by atoms with Crippen molar-refractivity contribution in [2.24, 2.45) is 0 Å². The summed E-state index contributed by atoms with van der Waals surface area (Å²) in [5.74, 6) is 0. The lowest BCUT2D eigenvalue weighted by atomic mass is 10.0. The summed E-state index contributed by atoms with van der Waals surface area (Å²) in [5.41, 5.74) is 0. The summed E-state index contributed by atoms with van der Waals surface area (Å²) in [6.07, 6.45) is 48.7. The third-order valence-corrected chi connectivity index (χ3v) is 11.3. The molecular weight excluding hydrogens is 570 g/mol. The molecule has 1 radical (unpaired) electrons. The van der Waals surface area contributed by atoms with Crippen molar-refractivity contribution in [1.82, 2.24) is 0 Å². The summed E-state index contributed by atoms with van der Waals surface area (Å²) in [5, 5.41) is 0. The molecule has 44 heavy (non-hydrogen) atoms. The van der Waals surface area contributed by atoms with Crippen molar-refractivity contribution in [3.8, 4) is 0 Å². The summed E-state index contributed by atoms with van der Waals surface area (Å²) in [7, 11) is -0.0452. The van der Waals surface area contributed by atoms with Gasteiger partial charge in [-0.25, -0.2) is 0 Å². The molecule has 0 bridgehead atoms. The van der Waals surface area contributed by atoms with Gasteiger partial charge in [0.25, 0.3) is 0 Å². The minimum absolute atomic E-state index is 0. The van der Waals surface area contributed by atoms with Gasteiger partial charge in [-0.3, -0.25) is 0 Å². The van der Waals surface area contributed by atoms with Crippen LogP contribution in [0.1, 0.15) is 226 Å². The fourth-order valence-electron chi connectivity index (χ4n) is 6.91. The van der Waals surface area contributed by atoms with Crippen LogP contribution in [0.15, 0.2) is 0 Å². The number of hydrogen-bond acceptors (Lipinski definition) is 0. The van der Waals surface area contributed by atoms with Gasteiger partial charge in [0, 0.05) is 8.80 Å². The van der Waals surface area contributed by atoms with E-state index in [1.165, 1.54) is 238 Å². The van der Waals surface area contributed by atoms with E-state index in [0.29, 0.717) is 0 Å². The molecule has 0 atom stereocenters. The lowest BCUT2D eigenvalue weighted by Gasteiger charge is -2.20. The lowest BCUT2D eigenvalue weighted by Crippen LogP contribution is -3.12. The molecule has 0 fully saturated rings. The topological polar surface area (TPSA) is 4.44 Å². The monoisotopic (exact) mass is 657 g/mol. The van der Waals surface area contributed by atoms with Crippen molar-refractivity contribution in [1.29, 1.82) is 0 Å². The highest BCUT2D eigenvalue weighted by molar-refractivity contribution is 6.55. The highest BCUT2D eigenvalue weighted by Crippen LogP contribution is 2.15. The molecule has 0 aromatic rings. The molecule has 0 amide bonds. The zero-order valence-corrected chi connectivity index (χ0v) is 33.3. The zero-order chi connectivity index (χ0) is 31.3. The lowest BCUT2D eigenvalue weighted by molar-refractivity contribution is -0.900. The SMILES string of the molecule is CCCCCCCCCCCCCCCCCC[NH+](CCCCCCCCCCCCCCCCCC)CCC[Si](C)C.[Cl-]. The Bertz CT molecular complexity index is 449. The molecule has 0 unspecified atom stereocenters. The Hall–Kier alpha value is 0.467. The third kappa shape index (κ3) is 40.5. The quantitative estimate of drug-likeness (QED) is 0.0498. The van der Waals surface area contributed by atoms with Crippen LogP contribution >= 0.6 is 0 Å². The van der Waals surface area contributed by atoms with E-state index in [2.05, 4.69) is 26.9 Å². The minimum Gasteiger partial charge on any atom is -1.00 e. The first kappa shape index (κ1) is 46.6. The number of unbranched alkanes of at least 4 members (excludes halogenated alkanes) is 30. The standard InChI is InChI=1S/C41H86NSi.ClH/c1-5-7-9-11-13-15-17-19-21-23-25-27-29-31-33-35-38-42(40-37-41-43(3)4)39-36-34-32-30-28-26-24-22-20-18-16-14-12-10-8-6-2;/h5-41H2,1-4H3;1H. The van der Waals surface area contributed by atoms with E-state index in [4.69, 9.17) is 0 Å². The zero-order valence-electron chi connectivity index (χ0n) is 31.5. The van der Waals surface area contributed by atoms with Crippen LogP contribution in [-0.4, -0.2) is 28.4 Å². The summed E-state index contributed by atoms with van der Waals surface area (Å²) in [4.78, 5) is 1.94. The third-order valence-electron chi connectivity index (χ3n) is 9.97. The van der Waals surface area contributed by atoms with Crippen molar-refractivity contribution >= 4 is 8.80 Å². The average molecular weight is 658 g/mol. The molecule has 1 nitrogen and oxygen atoms in total. The Morgan fingerprint density at radius 2 is 0.500 bits per heavy atom. The van der Waals surface area contributed by atoms with Gasteiger partial charge >= 0.3 is 0 Å². The molecule has 0 rings (SSSR count). The summed E-state index contributed by atoms with van der Waals surface area (Å²) in [6, 6.07) is 1.52. The maximum absolute atomic E-state index is 2.50. The van der Waals surface area contributed by atoms with Gasteiger partial charge in [0.1, 0.15) is 0 Å². The maximum atomic E-state index is 2.50. The van der Waals surface area contributed by atoms with Crippen molar-refractivity contribution in [2.75, 3.05) is 19.6 Å². The van der Waals surface area contributed by atoms with Gasteiger partial charge in [-0.1, -0.05) is 213 Å². The second-order valence-electron chi connectivity index (χ2n) is 14.9. The number of hydrogen-bond donors (Lipinski definition) is 1. The van der Waals surface area contributed by atoms with Gasteiger partial charge in [-0.2, -0.15) is 0 Å². The molecular formula is C41H87ClNSi. The Labute approximate surface area is 289 Å². The van der Waals surface area contributed by atoms with Crippen molar-refractivity contribution in [3.63, 3.8) is 0 Å². The van der Waals surface area contributed by atoms with Gasteiger partial charge < -0.3 is 17.3 Å². The van der Waals surface area contributed by atoms with Crippen LogP contribution in [0.25, 0.3) is 0 Å². The molecule has 3 heteroatoms. The molecule has 0 aliphatic rings. The van der Waals surface area contributed by atoms with Crippen LogP contribution in [-0.2, 0) is 0 Å². The first-order valence-corrected chi connectivity index (χ1v) is 23.5. The summed E-state index contributed by atoms with van der Waals surface area (Å²) < 4.78 is 0. The summed E-state index contributed by atoms with van der Waals surface area (Å²) in [6.45, 7) is 14.0. The van der Waals surface area contributed by atoms with Crippen LogP contribution in [0.5, 0.6) is 0 Å². The Morgan fingerprint density at radius 1 is 0.295 bits per heavy atom. The van der Waals surface area contributed by atoms with E-state index in [-0.39, 0.29) is 21.2 Å². The number of rotatable bonds is 38. The van der Waals surface area contributed by atoms with Gasteiger partial charge in [0.15, 0.2) is 0 Å². The highest BCUT2D eigenvalue weighted by Gasteiger charge is 2.09. The Kier molecular flexibility index (Phi) is 43.9. The smallest absolute Gasteiger partial charge is 0.0770 e. The van der Waals surface area contributed by atoms with E-state index >= 15 is 0 Å². The predicted octanol–water partition coefficient (Wildman–Crippen LogP) is 10.5. The Balaban J connectivity index is 0. The maximum Gasteiger partial charge on any atom is 0.0770 e. The van der Waals surface area contributed by atoms with Crippen LogP contribution in [0.3, 0.4) is 0 Å². The minimum atomic E-state index is -0.0452. The second-order valence-corrected chi connectivity index (χ2v) is 17.8. The molecule has 0 saturated heterocycles. The predicted molar refractivity (Wildman–Crippen MR) is 202 cm³/mol. The fraction of sp³-hybridized carbons (Fsp3) is 1.00. The molecule has 1 N–H and O–H groups in total. The van der Waals surface area contributed by atoms with E-state index in [9.17, 15) is 0 Å². The molecule has 0 aromatic heterocycles. The van der Waals surface area contributed by atoms with Gasteiger partial charge in [-0.15, -0.1) is 0 Å². The Morgan fingerprint density at radius 3 is 0.727 bits per heavy atom. The summed E-state index contributed by atoms with van der Waals surface area (Å²) >= 11 is 0. The molecule has 267 valence electrons. The number of halogens is 1. The second kappa shape index (κ2) is 41.5. The van der Waals surface area contributed by atoms with Crippen molar-refractivity contribution in [3.05, 3.63) is 0 Å². The molecule has 0 heterocycles. The molecule has 0 aliphatic carbocycles. The molecule has 0 aliphatic heterocycles. The average Bonchev–Trinajstić information content (AvgIpc) is 3.00. The number of nitrogens with one attached hydrogen (secondary N) is 1. The van der Waals surface area contributed by atoms with Crippen molar-refractivity contribution < 1.29 is 17.3 Å². The van der Waals surface area contributed by atoms with E-state index < -0.39 is 0 Å². The van der Waals surface area contributed by atoms with Crippen LogP contribution in [0.4, 0.5) is 0 Å². The fourth-order valence-corrected chi connectivity index (χ4v) is 7.80. The van der Waals surface area contributed by atoms with Crippen LogP contribution in [0, 0.1) is 0 Å². The van der Waals surface area contributed by atoms with Crippen molar-refractivity contribution in [2.45, 2.75) is 245 Å². The van der Waals surface area contributed by atoms with Gasteiger partial charge in [0.05, 0.1) is 19.6 Å². The number of quaternary nitrogens is 1. The van der Waals surface area contributed by atoms with Gasteiger partial charge in [0.2, 0.25) is 0 Å². The van der Waals surface area contributed by atoms with E-state index in [1.54, 1.807) is 0 Å². The van der Waals surface area contributed by atoms with E-state index in [1.807, 2.05) is 4.90 Å². The van der Waals surface area contributed by atoms with E-state index in [0.717, 1.165) is 0 Å². The highest BCUT2D eigenvalue weighted by atomic mass is 35.5. The first-order valence-electron chi connectivity index (χ1n) is 20.8.